The van der Waals surface area contributed by atoms with E-state index in [1.807, 2.05) is 0 Å². The van der Waals surface area contributed by atoms with E-state index in [-0.39, 0.29) is 17.3 Å². The van der Waals surface area contributed by atoms with Gasteiger partial charge in [0.05, 0.1) is 48.3 Å². The standard InChI is InChI=1S/C20H19F3N2O4S/c1-27-8-9-29-11-12-4-3-5-14(17(12)28-2)18(26)25-19-24-15-7-6-13(20(21,22)23)10-16(15)30-19/h3-7,10H,8-9,11H2,1-2H3,(H,24,25,26). The Morgan fingerprint density at radius 1 is 1.17 bits per heavy atom. The third kappa shape index (κ3) is 5.07. The number of fused-ring (bicyclic) bond motifs is 1. The minimum atomic E-state index is -4.44. The maximum absolute atomic E-state index is 12.9. The van der Waals surface area contributed by atoms with Gasteiger partial charge in [-0.15, -0.1) is 0 Å². The van der Waals surface area contributed by atoms with Crippen molar-refractivity contribution in [3.8, 4) is 5.75 Å². The van der Waals surface area contributed by atoms with E-state index < -0.39 is 17.6 Å². The molecule has 1 heterocycles. The van der Waals surface area contributed by atoms with Crippen LogP contribution in [-0.2, 0) is 22.3 Å². The molecule has 30 heavy (non-hydrogen) atoms. The van der Waals surface area contributed by atoms with E-state index >= 15 is 0 Å². The molecule has 0 atom stereocenters. The molecule has 1 amide bonds. The molecule has 10 heteroatoms. The third-order valence-electron chi connectivity index (χ3n) is 4.17. The van der Waals surface area contributed by atoms with Crippen molar-refractivity contribution >= 4 is 32.6 Å². The predicted molar refractivity (Wildman–Crippen MR) is 107 cm³/mol. The molecule has 3 aromatic rings. The van der Waals surface area contributed by atoms with Crippen LogP contribution in [0.5, 0.6) is 5.75 Å². The van der Waals surface area contributed by atoms with Crippen LogP contribution in [0, 0.1) is 0 Å². The molecule has 0 radical (unpaired) electrons. The number of anilines is 1. The van der Waals surface area contributed by atoms with Gasteiger partial charge in [0, 0.05) is 12.7 Å². The highest BCUT2D eigenvalue weighted by Crippen LogP contribution is 2.34. The van der Waals surface area contributed by atoms with Crippen LogP contribution < -0.4 is 10.1 Å². The van der Waals surface area contributed by atoms with E-state index in [9.17, 15) is 18.0 Å². The van der Waals surface area contributed by atoms with Gasteiger partial charge in [0.15, 0.2) is 5.13 Å². The summed E-state index contributed by atoms with van der Waals surface area (Å²) in [5.41, 5.74) is 0.552. The largest absolute Gasteiger partial charge is 0.496 e. The Bertz CT molecular complexity index is 1040. The van der Waals surface area contributed by atoms with E-state index in [2.05, 4.69) is 10.3 Å². The fourth-order valence-electron chi connectivity index (χ4n) is 2.76. The first kappa shape index (κ1) is 22.0. The van der Waals surface area contributed by atoms with Gasteiger partial charge in [-0.05, 0) is 24.3 Å². The highest BCUT2D eigenvalue weighted by molar-refractivity contribution is 7.22. The first-order valence-corrected chi connectivity index (χ1v) is 9.67. The molecule has 0 saturated heterocycles. The summed E-state index contributed by atoms with van der Waals surface area (Å²) in [5.74, 6) is -0.131. The molecule has 0 aliphatic carbocycles. The van der Waals surface area contributed by atoms with E-state index in [1.54, 1.807) is 25.3 Å². The number of alkyl halides is 3. The van der Waals surface area contributed by atoms with Gasteiger partial charge >= 0.3 is 6.18 Å². The Hall–Kier alpha value is -2.69. The van der Waals surface area contributed by atoms with Crippen molar-refractivity contribution in [3.05, 3.63) is 53.1 Å². The number of hydrogen-bond acceptors (Lipinski definition) is 6. The minimum absolute atomic E-state index is 0.193. The second kappa shape index (κ2) is 9.41. The van der Waals surface area contributed by atoms with Crippen molar-refractivity contribution in [1.29, 1.82) is 0 Å². The second-order valence-electron chi connectivity index (χ2n) is 6.20. The summed E-state index contributed by atoms with van der Waals surface area (Å²) in [7, 11) is 3.02. The van der Waals surface area contributed by atoms with Crippen LogP contribution in [0.25, 0.3) is 10.2 Å². The Labute approximate surface area is 174 Å². The van der Waals surface area contributed by atoms with Gasteiger partial charge in [-0.1, -0.05) is 23.5 Å². The average Bonchev–Trinajstić information content (AvgIpc) is 3.11. The number of rotatable bonds is 8. The molecule has 3 rings (SSSR count). The SMILES string of the molecule is COCCOCc1cccc(C(=O)Nc2nc3ccc(C(F)(F)F)cc3s2)c1OC. The van der Waals surface area contributed by atoms with Crippen LogP contribution in [0.15, 0.2) is 36.4 Å². The number of carbonyl (C=O) groups is 1. The monoisotopic (exact) mass is 440 g/mol. The lowest BCUT2D eigenvalue weighted by Crippen LogP contribution is -2.14. The first-order chi connectivity index (χ1) is 14.3. The van der Waals surface area contributed by atoms with Crippen molar-refractivity contribution in [1.82, 2.24) is 4.98 Å². The number of hydrogen-bond donors (Lipinski definition) is 1. The van der Waals surface area contributed by atoms with Crippen LogP contribution in [0.1, 0.15) is 21.5 Å². The summed E-state index contributed by atoms with van der Waals surface area (Å²) >= 11 is 0.965. The second-order valence-corrected chi connectivity index (χ2v) is 7.23. The maximum atomic E-state index is 12.9. The van der Waals surface area contributed by atoms with Crippen LogP contribution in [0.4, 0.5) is 18.3 Å². The predicted octanol–water partition coefficient (Wildman–Crippen LogP) is 4.74. The number of aromatic nitrogens is 1. The lowest BCUT2D eigenvalue weighted by atomic mass is 10.1. The lowest BCUT2D eigenvalue weighted by Gasteiger charge is -2.13. The molecule has 6 nitrogen and oxygen atoms in total. The molecule has 1 N–H and O–H groups in total. The molecule has 0 saturated carbocycles. The van der Waals surface area contributed by atoms with E-state index in [0.717, 1.165) is 23.5 Å². The highest BCUT2D eigenvalue weighted by atomic mass is 32.1. The number of para-hydroxylation sites is 1. The summed E-state index contributed by atoms with van der Waals surface area (Å²) < 4.78 is 54.8. The van der Waals surface area contributed by atoms with Gasteiger partial charge in [0.25, 0.3) is 5.91 Å². The van der Waals surface area contributed by atoms with Crippen molar-refractivity contribution < 1.29 is 32.2 Å². The van der Waals surface area contributed by atoms with Gasteiger partial charge < -0.3 is 14.2 Å². The van der Waals surface area contributed by atoms with Gasteiger partial charge in [-0.25, -0.2) is 4.98 Å². The number of thiazole rings is 1. The van der Waals surface area contributed by atoms with E-state index in [1.165, 1.54) is 13.2 Å². The molecule has 0 spiro atoms. The lowest BCUT2D eigenvalue weighted by molar-refractivity contribution is -0.137. The quantitative estimate of drug-likeness (QED) is 0.513. The molecule has 0 fully saturated rings. The molecule has 0 aliphatic heterocycles. The number of methoxy groups -OCH3 is 2. The smallest absolute Gasteiger partial charge is 0.416 e. The summed E-state index contributed by atoms with van der Waals surface area (Å²) in [6.45, 7) is 1.06. The van der Waals surface area contributed by atoms with Crippen LogP contribution in [0.3, 0.4) is 0 Å². The zero-order valence-corrected chi connectivity index (χ0v) is 17.0. The van der Waals surface area contributed by atoms with E-state index in [0.29, 0.717) is 34.7 Å². The van der Waals surface area contributed by atoms with Crippen molar-refractivity contribution in [2.45, 2.75) is 12.8 Å². The number of halogens is 3. The Morgan fingerprint density at radius 3 is 2.67 bits per heavy atom. The zero-order valence-electron chi connectivity index (χ0n) is 16.2. The van der Waals surface area contributed by atoms with Crippen molar-refractivity contribution in [2.75, 3.05) is 32.8 Å². The molecule has 0 bridgehead atoms. The normalized spacial score (nSPS) is 11.6. The molecule has 160 valence electrons. The summed E-state index contributed by atoms with van der Waals surface area (Å²) in [6, 6.07) is 8.31. The fraction of sp³-hybridized carbons (Fsp3) is 0.300. The van der Waals surface area contributed by atoms with Crippen molar-refractivity contribution in [2.24, 2.45) is 0 Å². The maximum Gasteiger partial charge on any atom is 0.416 e. The minimum Gasteiger partial charge on any atom is -0.496 e. The summed E-state index contributed by atoms with van der Waals surface area (Å²) in [5, 5.41) is 2.82. The summed E-state index contributed by atoms with van der Waals surface area (Å²) in [6.07, 6.45) is -4.44. The fourth-order valence-corrected chi connectivity index (χ4v) is 3.66. The third-order valence-corrected chi connectivity index (χ3v) is 5.10. The molecule has 2 aromatic carbocycles. The molecule has 0 unspecified atom stereocenters. The van der Waals surface area contributed by atoms with Crippen LogP contribution in [0.2, 0.25) is 0 Å². The number of ether oxygens (including phenoxy) is 3. The average molecular weight is 440 g/mol. The molecular weight excluding hydrogens is 421 g/mol. The van der Waals surface area contributed by atoms with Gasteiger partial charge in [-0.2, -0.15) is 13.2 Å². The van der Waals surface area contributed by atoms with Crippen molar-refractivity contribution in [3.63, 3.8) is 0 Å². The van der Waals surface area contributed by atoms with Gasteiger partial charge in [0.2, 0.25) is 0 Å². The number of benzene rings is 2. The molecule has 0 aliphatic rings. The van der Waals surface area contributed by atoms with Gasteiger partial charge in [-0.3, -0.25) is 10.1 Å². The number of carbonyl (C=O) groups excluding carboxylic acids is 1. The Morgan fingerprint density at radius 2 is 1.97 bits per heavy atom. The topological polar surface area (TPSA) is 69.7 Å². The molecular formula is C20H19F3N2O4S. The Kier molecular flexibility index (Phi) is 6.91. The van der Waals surface area contributed by atoms with Crippen LogP contribution >= 0.6 is 11.3 Å². The van der Waals surface area contributed by atoms with E-state index in [4.69, 9.17) is 14.2 Å². The number of nitrogens with one attached hydrogen (secondary N) is 1. The highest BCUT2D eigenvalue weighted by Gasteiger charge is 2.30. The Balaban J connectivity index is 1.80. The number of amides is 1. The number of nitrogens with zero attached hydrogens (tertiary/aromatic N) is 1. The van der Waals surface area contributed by atoms with Gasteiger partial charge in [0.1, 0.15) is 5.75 Å². The molecule has 1 aromatic heterocycles. The summed E-state index contributed by atoms with van der Waals surface area (Å²) in [4.78, 5) is 16.9. The zero-order chi connectivity index (χ0) is 21.7. The van der Waals surface area contributed by atoms with Crippen LogP contribution in [-0.4, -0.2) is 38.3 Å². The first-order valence-electron chi connectivity index (χ1n) is 8.85.